The van der Waals surface area contributed by atoms with E-state index in [2.05, 4.69) is 26.6 Å². The van der Waals surface area contributed by atoms with Crippen molar-refractivity contribution in [2.75, 3.05) is 31.5 Å². The Balaban J connectivity index is 2.88. The van der Waals surface area contributed by atoms with E-state index in [1.54, 1.807) is 6.92 Å². The number of urea groups is 1. The van der Waals surface area contributed by atoms with Crippen molar-refractivity contribution in [2.24, 2.45) is 5.41 Å². The zero-order chi connectivity index (χ0) is 27.5. The molecule has 36 heavy (non-hydrogen) atoms. The third-order valence-electron chi connectivity index (χ3n) is 4.94. The molecule has 0 aromatic heterocycles. The van der Waals surface area contributed by atoms with Crippen LogP contribution in [0.1, 0.15) is 63.4 Å². The molecule has 0 aliphatic rings. The van der Waals surface area contributed by atoms with Gasteiger partial charge in [0.15, 0.2) is 0 Å². The Morgan fingerprint density at radius 3 is 2.25 bits per heavy atom. The van der Waals surface area contributed by atoms with Gasteiger partial charge in [-0.05, 0) is 37.0 Å². The smallest absolute Gasteiger partial charge is 0.391 e. The van der Waals surface area contributed by atoms with Crippen LogP contribution in [0.2, 0.25) is 0 Å². The van der Waals surface area contributed by atoms with Crippen molar-refractivity contribution in [3.05, 3.63) is 29.3 Å². The van der Waals surface area contributed by atoms with Crippen LogP contribution in [0.15, 0.2) is 18.2 Å². The minimum atomic E-state index is -4.76. The molecule has 1 aromatic carbocycles. The molecular weight excluding hydrogens is 479 g/mol. The number of carbonyl (C=O) groups is 3. The van der Waals surface area contributed by atoms with E-state index in [0.717, 1.165) is 6.07 Å². The molecule has 2 atom stereocenters. The van der Waals surface area contributed by atoms with Gasteiger partial charge in [-0.25, -0.2) is 4.79 Å². The molecule has 6 N–H and O–H groups in total. The fourth-order valence-electron chi connectivity index (χ4n) is 3.23. The van der Waals surface area contributed by atoms with Gasteiger partial charge in [0, 0.05) is 30.9 Å². The third kappa shape index (κ3) is 11.7. The van der Waals surface area contributed by atoms with Crippen LogP contribution < -0.4 is 26.6 Å². The fourth-order valence-corrected chi connectivity index (χ4v) is 3.23. The molecule has 1 rings (SSSR count). The second-order valence-electron chi connectivity index (χ2n) is 9.69. The van der Waals surface area contributed by atoms with Gasteiger partial charge in [-0.15, -0.1) is 0 Å². The second-order valence-corrected chi connectivity index (χ2v) is 9.69. The molecule has 4 amide bonds. The summed E-state index contributed by atoms with van der Waals surface area (Å²) in [7, 11) is 0. The second kappa shape index (κ2) is 14.0. The Morgan fingerprint density at radius 2 is 1.69 bits per heavy atom. The molecule has 0 heterocycles. The Bertz CT molecular complexity index is 887. The minimum absolute atomic E-state index is 0.00583. The summed E-state index contributed by atoms with van der Waals surface area (Å²) in [5.41, 5.74) is -1.73. The largest absolute Gasteiger partial charge is 0.416 e. The Hall–Kier alpha value is -2.86. The molecular formula is C24H38F3N5O4. The van der Waals surface area contributed by atoms with Crippen LogP contribution in [0.3, 0.4) is 0 Å². The summed E-state index contributed by atoms with van der Waals surface area (Å²) < 4.78 is 39.9. The molecule has 0 saturated carbocycles. The quantitative estimate of drug-likeness (QED) is 0.254. The molecule has 204 valence electrons. The maximum absolute atomic E-state index is 13.3. The van der Waals surface area contributed by atoms with E-state index >= 15 is 0 Å². The van der Waals surface area contributed by atoms with Gasteiger partial charge < -0.3 is 31.7 Å². The van der Waals surface area contributed by atoms with E-state index in [0.29, 0.717) is 38.1 Å². The van der Waals surface area contributed by atoms with Crippen LogP contribution in [0.5, 0.6) is 0 Å². The molecule has 1 aromatic rings. The number of aliphatic hydroxyl groups excluding tert-OH is 1. The first-order chi connectivity index (χ1) is 16.7. The lowest BCUT2D eigenvalue weighted by atomic mass is 9.96. The fraction of sp³-hybridized carbons (Fsp3) is 0.625. The topological polar surface area (TPSA) is 132 Å². The maximum atomic E-state index is 13.3. The molecule has 0 saturated heterocycles. The number of hydrogen-bond donors (Lipinski definition) is 6. The highest BCUT2D eigenvalue weighted by molar-refractivity contribution is 5.98. The van der Waals surface area contributed by atoms with Gasteiger partial charge >= 0.3 is 12.2 Å². The summed E-state index contributed by atoms with van der Waals surface area (Å²) in [6.07, 6.45) is -4.41. The molecule has 0 spiro atoms. The number of halogens is 3. The van der Waals surface area contributed by atoms with Crippen molar-refractivity contribution in [1.82, 2.24) is 21.3 Å². The number of alkyl halides is 3. The first-order valence-electron chi connectivity index (χ1n) is 11.9. The number of amides is 4. The normalized spacial score (nSPS) is 13.5. The highest BCUT2D eigenvalue weighted by Crippen LogP contribution is 2.32. The van der Waals surface area contributed by atoms with Crippen LogP contribution >= 0.6 is 0 Å². The maximum Gasteiger partial charge on any atom is 0.416 e. The van der Waals surface area contributed by atoms with Gasteiger partial charge in [-0.2, -0.15) is 13.2 Å². The zero-order valence-electron chi connectivity index (χ0n) is 21.4. The van der Waals surface area contributed by atoms with Gasteiger partial charge in [-0.1, -0.05) is 34.1 Å². The summed E-state index contributed by atoms with van der Waals surface area (Å²) in [6.45, 7) is 10.4. The number of hydrogen-bond acceptors (Lipinski definition) is 5. The summed E-state index contributed by atoms with van der Waals surface area (Å²) in [5, 5.41) is 23.2. The first-order valence-corrected chi connectivity index (χ1v) is 11.9. The lowest BCUT2D eigenvalue weighted by Gasteiger charge is -2.27. The molecule has 0 aliphatic carbocycles. The lowest BCUT2D eigenvalue weighted by Crippen LogP contribution is -2.52. The van der Waals surface area contributed by atoms with Crippen LogP contribution in [0, 0.1) is 5.41 Å². The van der Waals surface area contributed by atoms with E-state index in [9.17, 15) is 32.7 Å². The van der Waals surface area contributed by atoms with E-state index < -0.39 is 48.3 Å². The number of aliphatic hydroxyl groups is 1. The van der Waals surface area contributed by atoms with Crippen molar-refractivity contribution in [1.29, 1.82) is 0 Å². The van der Waals surface area contributed by atoms with Crippen LogP contribution in [0.25, 0.3) is 0 Å². The Morgan fingerprint density at radius 1 is 1.03 bits per heavy atom. The zero-order valence-corrected chi connectivity index (χ0v) is 21.4. The molecule has 0 fully saturated rings. The standard InChI is InChI=1S/C24H38F3N5O4/c1-6-8-19(33)18(12-28-14-23(3,4)5)32-20(34)13-30-21(35)15-9-16(24(25,26)27)11-17(10-15)31-22(36)29-7-2/h9-11,18-19,28,33H,6-8,12-14H2,1-5H3,(H,30,35)(H,32,34)(H2,29,31,36)/t18-,19-/m0/s1. The van der Waals surface area contributed by atoms with Crippen LogP contribution in [-0.4, -0.2) is 61.3 Å². The average Bonchev–Trinajstić information content (AvgIpc) is 2.75. The van der Waals surface area contributed by atoms with Crippen molar-refractivity contribution in [2.45, 2.75) is 65.8 Å². The predicted octanol–water partition coefficient (Wildman–Crippen LogP) is 2.86. The summed E-state index contributed by atoms with van der Waals surface area (Å²) in [6, 6.07) is 1.10. The van der Waals surface area contributed by atoms with Gasteiger partial charge in [-0.3, -0.25) is 9.59 Å². The monoisotopic (exact) mass is 517 g/mol. The Kier molecular flexibility index (Phi) is 12.1. The predicted molar refractivity (Wildman–Crippen MR) is 132 cm³/mol. The number of carbonyl (C=O) groups excluding carboxylic acids is 3. The SMILES string of the molecule is CCC[C@H](O)[C@H](CNCC(C)(C)C)NC(=O)CNC(=O)c1cc(NC(=O)NCC)cc(C(F)(F)F)c1. The molecule has 12 heteroatoms. The first kappa shape index (κ1) is 31.2. The van der Waals surface area contributed by atoms with Crippen LogP contribution in [0.4, 0.5) is 23.7 Å². The molecule has 0 aliphatic heterocycles. The number of benzene rings is 1. The summed E-state index contributed by atoms with van der Waals surface area (Å²) in [5.74, 6) is -1.53. The lowest BCUT2D eigenvalue weighted by molar-refractivity contribution is -0.137. The van der Waals surface area contributed by atoms with Gasteiger partial charge in [0.05, 0.1) is 24.3 Å². The van der Waals surface area contributed by atoms with Crippen molar-refractivity contribution < 1.29 is 32.7 Å². The number of anilines is 1. The minimum Gasteiger partial charge on any atom is -0.391 e. The number of nitrogens with one attached hydrogen (secondary N) is 5. The Labute approximate surface area is 210 Å². The molecule has 0 bridgehead atoms. The van der Waals surface area contributed by atoms with E-state index in [-0.39, 0.29) is 23.2 Å². The molecule has 0 unspecified atom stereocenters. The highest BCUT2D eigenvalue weighted by Gasteiger charge is 2.32. The van der Waals surface area contributed by atoms with Crippen molar-refractivity contribution in [3.8, 4) is 0 Å². The van der Waals surface area contributed by atoms with E-state index in [1.807, 2.05) is 27.7 Å². The van der Waals surface area contributed by atoms with E-state index in [1.165, 1.54) is 0 Å². The highest BCUT2D eigenvalue weighted by atomic mass is 19.4. The van der Waals surface area contributed by atoms with Crippen molar-refractivity contribution >= 4 is 23.5 Å². The number of rotatable bonds is 12. The van der Waals surface area contributed by atoms with E-state index in [4.69, 9.17) is 0 Å². The molecule has 0 radical (unpaired) electrons. The van der Waals surface area contributed by atoms with Gasteiger partial charge in [0.2, 0.25) is 5.91 Å². The summed E-state index contributed by atoms with van der Waals surface area (Å²) >= 11 is 0. The van der Waals surface area contributed by atoms with Crippen molar-refractivity contribution in [3.63, 3.8) is 0 Å². The molecule has 9 nitrogen and oxygen atoms in total. The van der Waals surface area contributed by atoms with Gasteiger partial charge in [0.25, 0.3) is 5.91 Å². The third-order valence-corrected chi connectivity index (χ3v) is 4.94. The van der Waals surface area contributed by atoms with Gasteiger partial charge in [0.1, 0.15) is 0 Å². The van der Waals surface area contributed by atoms with Crippen LogP contribution in [-0.2, 0) is 11.0 Å². The average molecular weight is 518 g/mol. The summed E-state index contributed by atoms with van der Waals surface area (Å²) in [4.78, 5) is 36.7.